The Morgan fingerprint density at radius 1 is 1.38 bits per heavy atom. The van der Waals surface area contributed by atoms with Gasteiger partial charge in [-0.2, -0.15) is 16.8 Å². The maximum atomic E-state index is 11.4. The molecule has 0 saturated carbocycles. The van der Waals surface area contributed by atoms with Gasteiger partial charge < -0.3 is 0 Å². The summed E-state index contributed by atoms with van der Waals surface area (Å²) in [5.74, 6) is 5.22. The van der Waals surface area contributed by atoms with Gasteiger partial charge in [0.1, 0.15) is 12.4 Å². The first kappa shape index (κ1) is 14.9. The fourth-order valence-corrected chi connectivity index (χ4v) is 3.05. The second-order valence-corrected chi connectivity index (χ2v) is 5.88. The molecule has 0 aromatic rings. The zero-order chi connectivity index (χ0) is 12.8. The molecule has 0 spiro atoms. The molecular formula is C8H10O6S2. The van der Waals surface area contributed by atoms with Crippen LogP contribution in [0.4, 0.5) is 0 Å². The van der Waals surface area contributed by atoms with Crippen molar-refractivity contribution in [2.24, 2.45) is 0 Å². The van der Waals surface area contributed by atoms with Gasteiger partial charge in [0.15, 0.2) is 5.25 Å². The van der Waals surface area contributed by atoms with Gasteiger partial charge in [-0.3, -0.25) is 8.74 Å². The van der Waals surface area contributed by atoms with E-state index in [1.54, 1.807) is 0 Å². The van der Waals surface area contributed by atoms with Gasteiger partial charge in [-0.25, -0.2) is 0 Å². The average Bonchev–Trinajstić information content (AvgIpc) is 2.12. The van der Waals surface area contributed by atoms with E-state index in [0.29, 0.717) is 0 Å². The molecule has 0 heterocycles. The quantitative estimate of drug-likeness (QED) is 0.399. The van der Waals surface area contributed by atoms with Crippen LogP contribution in [-0.4, -0.2) is 39.0 Å². The highest BCUT2D eigenvalue weighted by atomic mass is 32.2. The van der Waals surface area contributed by atoms with Gasteiger partial charge in [0.25, 0.3) is 20.2 Å². The Morgan fingerprint density at radius 3 is 2.31 bits per heavy atom. The van der Waals surface area contributed by atoms with E-state index in [0.717, 1.165) is 0 Å². The summed E-state index contributed by atoms with van der Waals surface area (Å²) in [7, 11) is -8.70. The van der Waals surface area contributed by atoms with E-state index in [4.69, 9.17) is 11.0 Å². The van der Waals surface area contributed by atoms with E-state index in [-0.39, 0.29) is 0 Å². The van der Waals surface area contributed by atoms with E-state index < -0.39 is 37.8 Å². The Kier molecular flexibility index (Phi) is 5.48. The van der Waals surface area contributed by atoms with Crippen LogP contribution in [0.25, 0.3) is 0 Å². The largest absolute Gasteiger partial charge is 0.285 e. The number of hydrogen-bond donors (Lipinski definition) is 1. The lowest BCUT2D eigenvalue weighted by Crippen LogP contribution is -2.29. The Bertz CT molecular complexity index is 525. The number of rotatable bonds is 5. The summed E-state index contributed by atoms with van der Waals surface area (Å²) in [5.41, 5.74) is 0. The summed E-state index contributed by atoms with van der Waals surface area (Å²) in [6.07, 6.45) is 4.79. The first-order chi connectivity index (χ1) is 7.23. The first-order valence-corrected chi connectivity index (χ1v) is 7.00. The van der Waals surface area contributed by atoms with Crippen LogP contribution >= 0.6 is 0 Å². The predicted molar refractivity (Wildman–Crippen MR) is 57.4 cm³/mol. The molecule has 0 aliphatic heterocycles. The SMILES string of the molecule is C#CCOS(=O)(=O)C(C#CC)CS(=O)(=O)O. The van der Waals surface area contributed by atoms with E-state index in [2.05, 4.69) is 16.0 Å². The maximum absolute atomic E-state index is 11.4. The van der Waals surface area contributed by atoms with Crippen LogP contribution in [0, 0.1) is 24.2 Å². The molecule has 0 aromatic carbocycles. The number of hydrogen-bond acceptors (Lipinski definition) is 5. The van der Waals surface area contributed by atoms with Crippen molar-refractivity contribution in [3.05, 3.63) is 0 Å². The summed E-state index contributed by atoms with van der Waals surface area (Å²) < 4.78 is 56.7. The Morgan fingerprint density at radius 2 is 1.94 bits per heavy atom. The average molecular weight is 266 g/mol. The van der Waals surface area contributed by atoms with Crippen molar-refractivity contribution in [2.45, 2.75) is 12.2 Å². The van der Waals surface area contributed by atoms with Crippen molar-refractivity contribution >= 4 is 20.2 Å². The van der Waals surface area contributed by atoms with Crippen LogP contribution in [0.5, 0.6) is 0 Å². The van der Waals surface area contributed by atoms with Crippen LogP contribution < -0.4 is 0 Å². The zero-order valence-electron chi connectivity index (χ0n) is 8.37. The van der Waals surface area contributed by atoms with Crippen molar-refractivity contribution in [1.29, 1.82) is 0 Å². The number of terminal acetylenes is 1. The minimum absolute atomic E-state index is 0.518. The second-order valence-electron chi connectivity index (χ2n) is 2.59. The minimum Gasteiger partial charge on any atom is -0.285 e. The summed E-state index contributed by atoms with van der Waals surface area (Å²) in [4.78, 5) is 0. The molecule has 0 amide bonds. The van der Waals surface area contributed by atoms with E-state index >= 15 is 0 Å². The van der Waals surface area contributed by atoms with Gasteiger partial charge in [-0.05, 0) is 6.92 Å². The van der Waals surface area contributed by atoms with Crippen LogP contribution in [-0.2, 0) is 24.4 Å². The normalized spacial score (nSPS) is 13.3. The fraction of sp³-hybridized carbons (Fsp3) is 0.500. The molecule has 6 nitrogen and oxygen atoms in total. The summed E-state index contributed by atoms with van der Waals surface area (Å²) >= 11 is 0. The highest BCUT2D eigenvalue weighted by Crippen LogP contribution is 2.06. The molecule has 16 heavy (non-hydrogen) atoms. The standard InChI is InChI=1S/C8H10O6S2/c1-3-5-8(7-15(9,10)11)16(12,13)14-6-4-2/h2,8H,6-7H2,1H3,(H,9,10,11). The topological polar surface area (TPSA) is 97.7 Å². The molecule has 0 bridgehead atoms. The maximum Gasteiger partial charge on any atom is 0.283 e. The van der Waals surface area contributed by atoms with Gasteiger partial charge in [0.05, 0.1) is 0 Å². The fourth-order valence-electron chi connectivity index (χ4n) is 0.748. The molecule has 0 fully saturated rings. The van der Waals surface area contributed by atoms with E-state index in [1.165, 1.54) is 6.92 Å². The molecule has 8 heteroatoms. The van der Waals surface area contributed by atoms with Crippen molar-refractivity contribution in [1.82, 2.24) is 0 Å². The highest BCUT2D eigenvalue weighted by Gasteiger charge is 2.29. The lowest BCUT2D eigenvalue weighted by Gasteiger charge is -2.08. The van der Waals surface area contributed by atoms with Crippen LogP contribution in [0.1, 0.15) is 6.92 Å². The van der Waals surface area contributed by atoms with Crippen LogP contribution in [0.15, 0.2) is 0 Å². The molecule has 1 unspecified atom stereocenters. The first-order valence-electron chi connectivity index (χ1n) is 3.92. The minimum atomic E-state index is -4.47. The third kappa shape index (κ3) is 5.73. The van der Waals surface area contributed by atoms with Crippen LogP contribution in [0.2, 0.25) is 0 Å². The van der Waals surface area contributed by atoms with Crippen molar-refractivity contribution in [3.8, 4) is 24.2 Å². The molecule has 90 valence electrons. The molecule has 0 rings (SSSR count). The Labute approximate surface area is 94.9 Å². The van der Waals surface area contributed by atoms with Crippen molar-refractivity contribution in [2.75, 3.05) is 12.4 Å². The lowest BCUT2D eigenvalue weighted by atomic mass is 10.5. The molecule has 0 saturated heterocycles. The lowest BCUT2D eigenvalue weighted by molar-refractivity contribution is 0.360. The summed E-state index contributed by atoms with van der Waals surface area (Å²) in [6.45, 7) is 0.809. The van der Waals surface area contributed by atoms with Gasteiger partial charge in [-0.15, -0.1) is 12.3 Å². The molecule has 0 radical (unpaired) electrons. The Hall–Kier alpha value is -1.06. The molecule has 0 aromatic heterocycles. The molecule has 1 N–H and O–H groups in total. The predicted octanol–water partition coefficient (Wildman–Crippen LogP) is -0.754. The summed E-state index contributed by atoms with van der Waals surface area (Å²) in [5, 5.41) is -1.65. The summed E-state index contributed by atoms with van der Waals surface area (Å²) in [6, 6.07) is 0. The molecule has 1 atom stereocenters. The molecule has 0 aliphatic carbocycles. The van der Waals surface area contributed by atoms with Crippen molar-refractivity contribution < 1.29 is 25.6 Å². The smallest absolute Gasteiger partial charge is 0.283 e. The molecule has 0 aliphatic rings. The van der Waals surface area contributed by atoms with Gasteiger partial charge >= 0.3 is 0 Å². The van der Waals surface area contributed by atoms with Crippen LogP contribution in [0.3, 0.4) is 0 Å². The van der Waals surface area contributed by atoms with Gasteiger partial charge in [0, 0.05) is 0 Å². The Balaban J connectivity index is 5.06. The molecular weight excluding hydrogens is 256 g/mol. The van der Waals surface area contributed by atoms with E-state index in [9.17, 15) is 16.8 Å². The van der Waals surface area contributed by atoms with E-state index in [1.807, 2.05) is 5.92 Å². The zero-order valence-corrected chi connectivity index (χ0v) is 10.0. The van der Waals surface area contributed by atoms with Crippen molar-refractivity contribution in [3.63, 3.8) is 0 Å². The third-order valence-corrected chi connectivity index (χ3v) is 3.72. The third-order valence-electron chi connectivity index (χ3n) is 1.32. The second kappa shape index (κ2) is 5.87. The highest BCUT2D eigenvalue weighted by molar-refractivity contribution is 7.90. The monoisotopic (exact) mass is 266 g/mol. The van der Waals surface area contributed by atoms with Gasteiger partial charge in [-0.1, -0.05) is 11.8 Å². The van der Waals surface area contributed by atoms with Gasteiger partial charge in [0.2, 0.25) is 0 Å².